The normalized spacial score (nSPS) is 11.1. The Bertz CT molecular complexity index is 115. The van der Waals surface area contributed by atoms with E-state index in [0.717, 1.165) is 0 Å². The topological polar surface area (TPSA) is 46.3 Å². The van der Waals surface area contributed by atoms with E-state index < -0.39 is 6.03 Å². The second kappa shape index (κ2) is 2.25. The zero-order valence-corrected chi connectivity index (χ0v) is 6.14. The van der Waals surface area contributed by atoms with Crippen molar-refractivity contribution in [2.45, 2.75) is 26.3 Å². The van der Waals surface area contributed by atoms with Crippen molar-refractivity contribution in [3.63, 3.8) is 0 Å². The zero-order valence-electron chi connectivity index (χ0n) is 6.14. The fourth-order valence-electron chi connectivity index (χ4n) is 0.331. The molecule has 53 valence electrons. The van der Waals surface area contributed by atoms with Gasteiger partial charge in [-0.1, -0.05) is 0 Å². The van der Waals surface area contributed by atoms with Crippen LogP contribution in [-0.2, 0) is 0 Å². The molecule has 0 aliphatic rings. The summed E-state index contributed by atoms with van der Waals surface area (Å²) in [6.45, 7) is 5.60. The Morgan fingerprint density at radius 1 is 1.56 bits per heavy atom. The SMILES string of the molecule is [CH2]N(C(N)=O)C(C)(C)C. The molecule has 2 N–H and O–H groups in total. The molecule has 0 saturated heterocycles. The number of rotatable bonds is 0. The fourth-order valence-corrected chi connectivity index (χ4v) is 0.331. The van der Waals surface area contributed by atoms with Crippen LogP contribution in [0.5, 0.6) is 0 Å². The zero-order chi connectivity index (χ0) is 7.65. The number of primary amides is 1. The van der Waals surface area contributed by atoms with E-state index in [1.54, 1.807) is 0 Å². The Morgan fingerprint density at radius 3 is 1.89 bits per heavy atom. The smallest absolute Gasteiger partial charge is 0.315 e. The lowest BCUT2D eigenvalue weighted by Crippen LogP contribution is -2.43. The summed E-state index contributed by atoms with van der Waals surface area (Å²) < 4.78 is 0. The van der Waals surface area contributed by atoms with E-state index in [1.807, 2.05) is 20.8 Å². The lowest BCUT2D eigenvalue weighted by molar-refractivity contribution is 0.186. The van der Waals surface area contributed by atoms with E-state index in [9.17, 15) is 4.79 Å². The van der Waals surface area contributed by atoms with Gasteiger partial charge in [-0.25, -0.2) is 4.79 Å². The Hall–Kier alpha value is -0.730. The Kier molecular flexibility index (Phi) is 2.07. The van der Waals surface area contributed by atoms with Gasteiger partial charge >= 0.3 is 6.03 Å². The molecule has 1 radical (unpaired) electrons. The van der Waals surface area contributed by atoms with Crippen molar-refractivity contribution in [1.29, 1.82) is 0 Å². The van der Waals surface area contributed by atoms with Crippen LogP contribution in [0.1, 0.15) is 20.8 Å². The summed E-state index contributed by atoms with van der Waals surface area (Å²) in [7, 11) is 3.47. The summed E-state index contributed by atoms with van der Waals surface area (Å²) >= 11 is 0. The van der Waals surface area contributed by atoms with Crippen LogP contribution in [0.2, 0.25) is 0 Å². The average molecular weight is 129 g/mol. The van der Waals surface area contributed by atoms with Crippen LogP contribution in [0.15, 0.2) is 0 Å². The van der Waals surface area contributed by atoms with Crippen LogP contribution in [0.3, 0.4) is 0 Å². The highest BCUT2D eigenvalue weighted by atomic mass is 16.2. The molecule has 0 spiro atoms. The van der Waals surface area contributed by atoms with Crippen LogP contribution in [0.4, 0.5) is 4.79 Å². The Labute approximate surface area is 55.8 Å². The summed E-state index contributed by atoms with van der Waals surface area (Å²) in [5.74, 6) is 0. The number of carbonyl (C=O) groups excluding carboxylic acids is 1. The largest absolute Gasteiger partial charge is 0.351 e. The molecule has 9 heavy (non-hydrogen) atoms. The standard InChI is InChI=1S/C6H13N2O/c1-6(2,3)8(4)5(7)9/h4H2,1-3H3,(H2,7,9). The van der Waals surface area contributed by atoms with Crippen LogP contribution in [0.25, 0.3) is 0 Å². The van der Waals surface area contributed by atoms with Crippen molar-refractivity contribution in [1.82, 2.24) is 4.90 Å². The number of urea groups is 1. The van der Waals surface area contributed by atoms with Gasteiger partial charge in [0, 0.05) is 12.6 Å². The molecular formula is C6H13N2O. The van der Waals surface area contributed by atoms with Crippen LogP contribution < -0.4 is 5.73 Å². The molecule has 3 heteroatoms. The summed E-state index contributed by atoms with van der Waals surface area (Å²) in [5.41, 5.74) is 4.67. The third-order valence-corrected chi connectivity index (χ3v) is 1.08. The summed E-state index contributed by atoms with van der Waals surface area (Å²) in [6, 6.07) is -0.498. The van der Waals surface area contributed by atoms with Gasteiger partial charge in [-0.15, -0.1) is 0 Å². The molecule has 0 aliphatic carbocycles. The Balaban J connectivity index is 4.04. The van der Waals surface area contributed by atoms with Gasteiger partial charge in [0.1, 0.15) is 0 Å². The number of hydrogen-bond donors (Lipinski definition) is 1. The van der Waals surface area contributed by atoms with Gasteiger partial charge in [0.25, 0.3) is 0 Å². The third-order valence-electron chi connectivity index (χ3n) is 1.08. The van der Waals surface area contributed by atoms with Gasteiger partial charge in [-0.2, -0.15) is 0 Å². The first kappa shape index (κ1) is 8.27. The molecule has 0 rings (SSSR count). The average Bonchev–Trinajstić information content (AvgIpc) is 1.62. The number of hydrogen-bond acceptors (Lipinski definition) is 1. The lowest BCUT2D eigenvalue weighted by Gasteiger charge is -2.29. The van der Waals surface area contributed by atoms with Crippen molar-refractivity contribution in [3.8, 4) is 0 Å². The minimum Gasteiger partial charge on any atom is -0.351 e. The minimum absolute atomic E-state index is 0.272. The van der Waals surface area contributed by atoms with E-state index >= 15 is 0 Å². The first-order chi connectivity index (χ1) is 3.85. The minimum atomic E-state index is -0.498. The number of nitrogens with zero attached hydrogens (tertiary/aromatic N) is 1. The summed E-state index contributed by atoms with van der Waals surface area (Å²) in [4.78, 5) is 11.7. The third kappa shape index (κ3) is 2.35. The van der Waals surface area contributed by atoms with E-state index in [0.29, 0.717) is 0 Å². The quantitative estimate of drug-likeness (QED) is 0.520. The molecule has 0 heterocycles. The van der Waals surface area contributed by atoms with Crippen LogP contribution in [0, 0.1) is 7.05 Å². The highest BCUT2D eigenvalue weighted by Crippen LogP contribution is 2.09. The van der Waals surface area contributed by atoms with Crippen molar-refractivity contribution in [2.24, 2.45) is 5.73 Å². The lowest BCUT2D eigenvalue weighted by atomic mass is 10.1. The second-order valence-electron chi connectivity index (χ2n) is 2.94. The second-order valence-corrected chi connectivity index (χ2v) is 2.94. The van der Waals surface area contributed by atoms with Crippen LogP contribution in [-0.4, -0.2) is 16.5 Å². The highest BCUT2D eigenvalue weighted by molar-refractivity contribution is 5.72. The van der Waals surface area contributed by atoms with Crippen LogP contribution >= 0.6 is 0 Å². The van der Waals surface area contributed by atoms with Gasteiger partial charge in [0.05, 0.1) is 0 Å². The molecule has 0 aromatic carbocycles. The molecule has 0 bridgehead atoms. The maximum absolute atomic E-state index is 10.4. The first-order valence-electron chi connectivity index (χ1n) is 2.76. The maximum Gasteiger partial charge on any atom is 0.315 e. The highest BCUT2D eigenvalue weighted by Gasteiger charge is 2.19. The van der Waals surface area contributed by atoms with Gasteiger partial charge in [0.15, 0.2) is 0 Å². The number of amides is 2. The van der Waals surface area contributed by atoms with E-state index in [-0.39, 0.29) is 5.54 Å². The van der Waals surface area contributed by atoms with Crippen molar-refractivity contribution < 1.29 is 4.79 Å². The molecule has 0 saturated carbocycles. The molecule has 0 fully saturated rings. The summed E-state index contributed by atoms with van der Waals surface area (Å²) in [5, 5.41) is 0. The van der Waals surface area contributed by atoms with Gasteiger partial charge < -0.3 is 10.6 Å². The number of nitrogens with two attached hydrogens (primary N) is 1. The van der Waals surface area contributed by atoms with E-state index in [1.165, 1.54) is 4.90 Å². The number of carbonyl (C=O) groups is 1. The molecule has 3 nitrogen and oxygen atoms in total. The predicted octanol–water partition coefficient (Wildman–Crippen LogP) is 0.957. The predicted molar refractivity (Wildman–Crippen MR) is 36.5 cm³/mol. The maximum atomic E-state index is 10.4. The first-order valence-corrected chi connectivity index (χ1v) is 2.76. The van der Waals surface area contributed by atoms with Crippen molar-refractivity contribution >= 4 is 6.03 Å². The molecule has 0 aliphatic heterocycles. The van der Waals surface area contributed by atoms with Crippen molar-refractivity contribution in [2.75, 3.05) is 0 Å². The monoisotopic (exact) mass is 129 g/mol. The van der Waals surface area contributed by atoms with Crippen molar-refractivity contribution in [3.05, 3.63) is 7.05 Å². The molecule has 0 unspecified atom stereocenters. The Morgan fingerprint density at radius 2 is 1.89 bits per heavy atom. The fraction of sp³-hybridized carbons (Fsp3) is 0.667. The molecule has 0 aromatic heterocycles. The van der Waals surface area contributed by atoms with E-state index in [4.69, 9.17) is 5.73 Å². The van der Waals surface area contributed by atoms with Gasteiger partial charge in [-0.05, 0) is 20.8 Å². The van der Waals surface area contributed by atoms with Gasteiger partial charge in [0.2, 0.25) is 0 Å². The molecule has 0 aromatic rings. The van der Waals surface area contributed by atoms with E-state index in [2.05, 4.69) is 7.05 Å². The molecule has 0 atom stereocenters. The molecule has 2 amide bonds. The summed E-state index contributed by atoms with van der Waals surface area (Å²) in [6.07, 6.45) is 0. The van der Waals surface area contributed by atoms with Gasteiger partial charge in [-0.3, -0.25) is 0 Å². The molecular weight excluding hydrogens is 116 g/mol.